The second-order valence-electron chi connectivity index (χ2n) is 6.67. The van der Waals surface area contributed by atoms with Gasteiger partial charge in [-0.25, -0.2) is 8.78 Å². The fourth-order valence-corrected chi connectivity index (χ4v) is 3.48. The molecule has 134 valence electrons. The molecule has 0 spiro atoms. The topological polar surface area (TPSA) is 61.0 Å². The highest BCUT2D eigenvalue weighted by Crippen LogP contribution is 2.34. The smallest absolute Gasteiger partial charge is 0.226 e. The third-order valence-corrected chi connectivity index (χ3v) is 4.64. The van der Waals surface area contributed by atoms with Crippen LogP contribution >= 0.6 is 0 Å². The van der Waals surface area contributed by atoms with Gasteiger partial charge in [-0.05, 0) is 44.0 Å². The molecule has 1 aromatic heterocycles. The molecule has 1 aliphatic heterocycles. The predicted octanol–water partition coefficient (Wildman–Crippen LogP) is 2.57. The van der Waals surface area contributed by atoms with Crippen LogP contribution in [0.5, 0.6) is 0 Å². The summed E-state index contributed by atoms with van der Waals surface area (Å²) in [4.78, 5) is 14.5. The monoisotopic (exact) mass is 348 g/mol. The minimum Gasteiger partial charge on any atom is -0.351 e. The summed E-state index contributed by atoms with van der Waals surface area (Å²) in [6.45, 7) is 4.90. The molecule has 1 saturated heterocycles. The zero-order chi connectivity index (χ0) is 18.0. The van der Waals surface area contributed by atoms with Gasteiger partial charge in [-0.2, -0.15) is 5.10 Å². The van der Waals surface area contributed by atoms with Crippen LogP contribution in [0.15, 0.2) is 30.5 Å². The number of aromatic amines is 1. The first-order chi connectivity index (χ1) is 12.0. The molecule has 25 heavy (non-hydrogen) atoms. The lowest BCUT2D eigenvalue weighted by Crippen LogP contribution is -2.42. The summed E-state index contributed by atoms with van der Waals surface area (Å²) in [5.41, 5.74) is 1.41. The van der Waals surface area contributed by atoms with Crippen LogP contribution in [0, 0.1) is 11.6 Å². The predicted molar refractivity (Wildman–Crippen MR) is 89.8 cm³/mol. The summed E-state index contributed by atoms with van der Waals surface area (Å²) in [7, 11) is 0. The van der Waals surface area contributed by atoms with Crippen molar-refractivity contribution in [3.8, 4) is 0 Å². The molecule has 2 N–H and O–H groups in total. The third kappa shape index (κ3) is 3.87. The Morgan fingerprint density at radius 3 is 2.80 bits per heavy atom. The number of rotatable bonds is 5. The number of hydrogen-bond donors (Lipinski definition) is 2. The average Bonchev–Trinajstić information content (AvgIpc) is 3.20. The van der Waals surface area contributed by atoms with Crippen molar-refractivity contribution >= 4 is 5.91 Å². The lowest BCUT2D eigenvalue weighted by molar-refractivity contribution is -0.121. The van der Waals surface area contributed by atoms with Crippen molar-refractivity contribution in [1.82, 2.24) is 20.4 Å². The molecule has 7 heteroatoms. The number of nitrogens with one attached hydrogen (secondary N) is 2. The van der Waals surface area contributed by atoms with E-state index >= 15 is 0 Å². The number of amides is 1. The van der Waals surface area contributed by atoms with E-state index in [0.717, 1.165) is 24.7 Å². The number of carbonyl (C=O) groups is 1. The number of nitrogens with zero attached hydrogens (tertiary/aromatic N) is 2. The van der Waals surface area contributed by atoms with Gasteiger partial charge in [0.2, 0.25) is 5.91 Å². The summed E-state index contributed by atoms with van der Waals surface area (Å²) < 4.78 is 27.0. The molecular formula is C18H22F2N4O. The molecule has 0 bridgehead atoms. The van der Waals surface area contributed by atoms with Crippen LogP contribution in [-0.2, 0) is 11.2 Å². The van der Waals surface area contributed by atoms with E-state index in [0.29, 0.717) is 5.56 Å². The highest BCUT2D eigenvalue weighted by molar-refractivity contribution is 5.78. The third-order valence-electron chi connectivity index (χ3n) is 4.64. The van der Waals surface area contributed by atoms with E-state index in [1.54, 1.807) is 18.3 Å². The molecule has 0 radical (unpaired) electrons. The SMILES string of the molecule is CC(C)N1CC[C@H](NC(=O)Cc2ccn[nH]2)[C@H]1c1ccc(F)c(F)c1. The Hall–Kier alpha value is -2.28. The van der Waals surface area contributed by atoms with Gasteiger partial charge in [0.15, 0.2) is 11.6 Å². The molecule has 2 atom stereocenters. The van der Waals surface area contributed by atoms with Crippen molar-refractivity contribution in [2.75, 3.05) is 6.54 Å². The number of aromatic nitrogens is 2. The van der Waals surface area contributed by atoms with E-state index in [1.807, 2.05) is 0 Å². The molecule has 1 aromatic carbocycles. The van der Waals surface area contributed by atoms with Crippen molar-refractivity contribution in [3.63, 3.8) is 0 Å². The summed E-state index contributed by atoms with van der Waals surface area (Å²) in [5.74, 6) is -1.85. The fraction of sp³-hybridized carbons (Fsp3) is 0.444. The maximum Gasteiger partial charge on any atom is 0.226 e. The van der Waals surface area contributed by atoms with E-state index in [1.165, 1.54) is 6.07 Å². The van der Waals surface area contributed by atoms with E-state index in [4.69, 9.17) is 0 Å². The number of likely N-dealkylation sites (tertiary alicyclic amines) is 1. The van der Waals surface area contributed by atoms with Gasteiger partial charge in [-0.3, -0.25) is 14.8 Å². The van der Waals surface area contributed by atoms with Gasteiger partial charge < -0.3 is 5.32 Å². The maximum absolute atomic E-state index is 13.7. The van der Waals surface area contributed by atoms with Crippen molar-refractivity contribution < 1.29 is 13.6 Å². The van der Waals surface area contributed by atoms with E-state index in [-0.39, 0.29) is 30.5 Å². The normalized spacial score (nSPS) is 21.0. The van der Waals surface area contributed by atoms with Crippen LogP contribution in [0.25, 0.3) is 0 Å². The van der Waals surface area contributed by atoms with Crippen LogP contribution in [0.3, 0.4) is 0 Å². The Morgan fingerprint density at radius 1 is 1.36 bits per heavy atom. The average molecular weight is 348 g/mol. The first-order valence-corrected chi connectivity index (χ1v) is 8.44. The van der Waals surface area contributed by atoms with Gasteiger partial charge in [0.25, 0.3) is 0 Å². The molecular weight excluding hydrogens is 326 g/mol. The van der Waals surface area contributed by atoms with Gasteiger partial charge >= 0.3 is 0 Å². The molecule has 0 saturated carbocycles. The molecule has 0 unspecified atom stereocenters. The van der Waals surface area contributed by atoms with Gasteiger partial charge in [0.05, 0.1) is 12.5 Å². The van der Waals surface area contributed by atoms with Gasteiger partial charge in [0.1, 0.15) is 0 Å². The van der Waals surface area contributed by atoms with Crippen molar-refractivity contribution in [1.29, 1.82) is 0 Å². The zero-order valence-electron chi connectivity index (χ0n) is 14.3. The summed E-state index contributed by atoms with van der Waals surface area (Å²) in [5, 5.41) is 9.64. The lowest BCUT2D eigenvalue weighted by atomic mass is 9.98. The molecule has 3 rings (SSSR count). The second kappa shape index (κ2) is 7.31. The standard InChI is InChI=1S/C18H22F2N4O/c1-11(2)24-8-6-16(22-17(25)10-13-5-7-21-23-13)18(24)12-3-4-14(19)15(20)9-12/h3-5,7,9,11,16,18H,6,8,10H2,1-2H3,(H,21,23)(H,22,25)/t16-,18+/m0/s1. The minimum atomic E-state index is -0.865. The van der Waals surface area contributed by atoms with Gasteiger partial charge in [0, 0.05) is 30.5 Å². The van der Waals surface area contributed by atoms with Crippen LogP contribution in [0.4, 0.5) is 8.78 Å². The minimum absolute atomic E-state index is 0.118. The van der Waals surface area contributed by atoms with Crippen molar-refractivity contribution in [2.45, 2.75) is 44.8 Å². The van der Waals surface area contributed by atoms with Crippen LogP contribution in [-0.4, -0.2) is 39.6 Å². The van der Waals surface area contributed by atoms with Crippen LogP contribution < -0.4 is 5.32 Å². The fourth-order valence-electron chi connectivity index (χ4n) is 3.48. The van der Waals surface area contributed by atoms with Crippen molar-refractivity contribution in [3.05, 3.63) is 53.4 Å². The molecule has 1 amide bonds. The van der Waals surface area contributed by atoms with Gasteiger partial charge in [-0.1, -0.05) is 6.07 Å². The summed E-state index contributed by atoms with van der Waals surface area (Å²) >= 11 is 0. The van der Waals surface area contributed by atoms with E-state index in [9.17, 15) is 13.6 Å². The van der Waals surface area contributed by atoms with E-state index < -0.39 is 11.6 Å². The number of hydrogen-bond acceptors (Lipinski definition) is 3. The first-order valence-electron chi connectivity index (χ1n) is 8.44. The van der Waals surface area contributed by atoms with Crippen molar-refractivity contribution in [2.24, 2.45) is 0 Å². The number of H-pyrrole nitrogens is 1. The molecule has 5 nitrogen and oxygen atoms in total. The Morgan fingerprint density at radius 2 is 2.16 bits per heavy atom. The molecule has 2 heterocycles. The largest absolute Gasteiger partial charge is 0.351 e. The summed E-state index contributed by atoms with van der Waals surface area (Å²) in [6.07, 6.45) is 2.57. The first kappa shape index (κ1) is 17.5. The molecule has 1 fully saturated rings. The quantitative estimate of drug-likeness (QED) is 0.873. The Kier molecular flexibility index (Phi) is 5.13. The Balaban J connectivity index is 1.79. The van der Waals surface area contributed by atoms with Crippen LogP contribution in [0.2, 0.25) is 0 Å². The lowest BCUT2D eigenvalue weighted by Gasteiger charge is -2.32. The Bertz CT molecular complexity index is 733. The highest BCUT2D eigenvalue weighted by atomic mass is 19.2. The highest BCUT2D eigenvalue weighted by Gasteiger charge is 2.37. The molecule has 0 aliphatic carbocycles. The number of carbonyl (C=O) groups excluding carboxylic acids is 1. The Labute approximate surface area is 145 Å². The molecule has 1 aliphatic rings. The van der Waals surface area contributed by atoms with E-state index in [2.05, 4.69) is 34.3 Å². The van der Waals surface area contributed by atoms with Gasteiger partial charge in [-0.15, -0.1) is 0 Å². The van der Waals surface area contributed by atoms with Crippen LogP contribution in [0.1, 0.15) is 37.6 Å². The maximum atomic E-state index is 13.7. The number of halogens is 2. The summed E-state index contributed by atoms with van der Waals surface area (Å²) in [6, 6.07) is 5.62. The zero-order valence-corrected chi connectivity index (χ0v) is 14.3. The second-order valence-corrected chi connectivity index (χ2v) is 6.67. The number of benzene rings is 1. The molecule has 2 aromatic rings.